The zero-order valence-electron chi connectivity index (χ0n) is 37.6. The predicted octanol–water partition coefficient (Wildman–Crippen LogP) is 10.5. The molecule has 0 atom stereocenters. The molecule has 12 heteroatoms. The number of anilines is 1. The van der Waals surface area contributed by atoms with Crippen LogP contribution in [-0.4, -0.2) is 63.1 Å². The van der Waals surface area contributed by atoms with Crippen LogP contribution in [-0.2, 0) is 30.2 Å². The number of hydrogen-bond donors (Lipinski definition) is 1. The molecule has 0 aliphatic heterocycles. The number of carbonyl (C=O) groups excluding carboxylic acids is 4. The lowest BCUT2D eigenvalue weighted by Crippen LogP contribution is -2.11. The highest BCUT2D eigenvalue weighted by Crippen LogP contribution is 2.23. The quantitative estimate of drug-likeness (QED) is 0.00785. The maximum absolute atomic E-state index is 13.4. The first-order valence-corrected chi connectivity index (χ1v) is 22.3. The molecule has 0 heterocycles. The molecule has 5 rings (SSSR count). The SMILES string of the molecule is C=CC(=O)OCCCCCCOc1ccc(C(=O)OCCc2ccc(OC(=O)c3ccc(OCCCCCCOC(=O)C=C)cc3)c(/C=N/Nc3ccc(C#Cc4ccccc4)cc3)c2)cc1. The van der Waals surface area contributed by atoms with Crippen LogP contribution in [0.3, 0.4) is 0 Å². The van der Waals surface area contributed by atoms with E-state index in [0.29, 0.717) is 61.0 Å². The van der Waals surface area contributed by atoms with Gasteiger partial charge in [-0.05, 0) is 154 Å². The summed E-state index contributed by atoms with van der Waals surface area (Å²) < 4.78 is 33.1. The predicted molar refractivity (Wildman–Crippen MR) is 259 cm³/mol. The van der Waals surface area contributed by atoms with Gasteiger partial charge in [-0.1, -0.05) is 49.3 Å². The van der Waals surface area contributed by atoms with Gasteiger partial charge in [-0.25, -0.2) is 19.2 Å². The molecule has 0 saturated heterocycles. The summed E-state index contributed by atoms with van der Waals surface area (Å²) >= 11 is 0. The Hall–Kier alpha value is -7.91. The van der Waals surface area contributed by atoms with Crippen LogP contribution >= 0.6 is 0 Å². The van der Waals surface area contributed by atoms with Crippen LogP contribution in [0.25, 0.3) is 0 Å². The number of carbonyl (C=O) groups is 4. The monoisotopic (exact) mass is 904 g/mol. The molecule has 5 aromatic carbocycles. The lowest BCUT2D eigenvalue weighted by atomic mass is 10.1. The highest BCUT2D eigenvalue weighted by atomic mass is 16.5. The Morgan fingerprint density at radius 2 is 1.06 bits per heavy atom. The number of esters is 4. The van der Waals surface area contributed by atoms with Crippen molar-refractivity contribution >= 4 is 35.8 Å². The zero-order valence-corrected chi connectivity index (χ0v) is 37.6. The van der Waals surface area contributed by atoms with Gasteiger partial charge in [-0.3, -0.25) is 5.43 Å². The molecule has 0 aromatic heterocycles. The summed E-state index contributed by atoms with van der Waals surface area (Å²) in [6.45, 7) is 8.67. The summed E-state index contributed by atoms with van der Waals surface area (Å²) in [5.74, 6) is 6.04. The summed E-state index contributed by atoms with van der Waals surface area (Å²) in [4.78, 5) is 48.5. The molecule has 0 amide bonds. The molecule has 0 saturated carbocycles. The number of rotatable bonds is 27. The van der Waals surface area contributed by atoms with E-state index in [1.807, 2.05) is 66.7 Å². The first-order chi connectivity index (χ1) is 32.8. The molecule has 0 fully saturated rings. The van der Waals surface area contributed by atoms with E-state index in [0.717, 1.165) is 85.9 Å². The fourth-order valence-corrected chi connectivity index (χ4v) is 6.25. The minimum Gasteiger partial charge on any atom is -0.494 e. The Kier molecular flexibility index (Phi) is 21.5. The first kappa shape index (κ1) is 50.1. The van der Waals surface area contributed by atoms with Gasteiger partial charge in [-0.2, -0.15) is 5.10 Å². The molecule has 0 radical (unpaired) electrons. The Bertz CT molecular complexity index is 2450. The van der Waals surface area contributed by atoms with Gasteiger partial charge in [0.15, 0.2) is 0 Å². The van der Waals surface area contributed by atoms with Crippen LogP contribution in [0.4, 0.5) is 5.69 Å². The minimum atomic E-state index is -0.558. The van der Waals surface area contributed by atoms with Gasteiger partial charge >= 0.3 is 23.9 Å². The Labute approximate surface area is 392 Å². The summed E-state index contributed by atoms with van der Waals surface area (Å²) in [6.07, 6.45) is 11.2. The highest BCUT2D eigenvalue weighted by molar-refractivity contribution is 5.93. The number of hydrogen-bond acceptors (Lipinski definition) is 12. The van der Waals surface area contributed by atoms with E-state index in [-0.39, 0.29) is 12.4 Å². The lowest BCUT2D eigenvalue weighted by Gasteiger charge is -2.11. The van der Waals surface area contributed by atoms with Gasteiger partial charge in [0.1, 0.15) is 17.2 Å². The largest absolute Gasteiger partial charge is 0.494 e. The van der Waals surface area contributed by atoms with Crippen LogP contribution in [0, 0.1) is 11.8 Å². The van der Waals surface area contributed by atoms with Gasteiger partial charge in [-0.15, -0.1) is 0 Å². The molecule has 5 aromatic rings. The van der Waals surface area contributed by atoms with Gasteiger partial charge in [0.2, 0.25) is 0 Å². The molecule has 0 aliphatic carbocycles. The topological polar surface area (TPSA) is 148 Å². The normalized spacial score (nSPS) is 10.5. The Balaban J connectivity index is 1.14. The van der Waals surface area contributed by atoms with Gasteiger partial charge in [0.25, 0.3) is 0 Å². The zero-order chi connectivity index (χ0) is 47.3. The molecule has 67 heavy (non-hydrogen) atoms. The molecule has 0 unspecified atom stereocenters. The molecular formula is C55H56N2O10. The summed E-state index contributed by atoms with van der Waals surface area (Å²) in [7, 11) is 0. The summed E-state index contributed by atoms with van der Waals surface area (Å²) in [5.41, 5.74) is 7.64. The fourth-order valence-electron chi connectivity index (χ4n) is 6.25. The van der Waals surface area contributed by atoms with Crippen LogP contribution in [0.2, 0.25) is 0 Å². The average Bonchev–Trinajstić information content (AvgIpc) is 3.36. The Morgan fingerprint density at radius 3 is 1.61 bits per heavy atom. The number of hydrazone groups is 1. The number of ether oxygens (including phenoxy) is 6. The summed E-state index contributed by atoms with van der Waals surface area (Å²) in [6, 6.07) is 36.2. The molecular weight excluding hydrogens is 849 g/mol. The van der Waals surface area contributed by atoms with Crippen LogP contribution in [0.1, 0.15) is 94.3 Å². The van der Waals surface area contributed by atoms with Crippen molar-refractivity contribution in [3.8, 4) is 29.1 Å². The van der Waals surface area contributed by atoms with E-state index >= 15 is 0 Å². The van der Waals surface area contributed by atoms with E-state index in [9.17, 15) is 19.2 Å². The van der Waals surface area contributed by atoms with Crippen molar-refractivity contribution in [2.24, 2.45) is 5.10 Å². The van der Waals surface area contributed by atoms with Crippen molar-refractivity contribution in [2.45, 2.75) is 57.8 Å². The maximum Gasteiger partial charge on any atom is 0.343 e. The standard InChI is InChI=1S/C55H56N2O10/c1-3-52(58)64-37-14-7-5-12-35-62-49-29-23-45(24-30-49)54(60)66-39-34-44-22-33-51(47(40-44)41-56-57-48-27-20-43(21-28-48)19-18-42-16-10-9-11-17-42)67-55(61)46-25-31-50(32-26-46)63-36-13-6-8-15-38-65-53(59)4-2/h3-4,9-11,16-17,20-33,40-41,57H,1-2,5-8,12-15,34-39H2/b56-41+. The van der Waals surface area contributed by atoms with E-state index in [1.165, 1.54) is 0 Å². The number of nitrogens with one attached hydrogen (secondary N) is 1. The number of nitrogens with zero attached hydrogens (tertiary/aromatic N) is 1. The van der Waals surface area contributed by atoms with Gasteiger partial charge < -0.3 is 28.4 Å². The highest BCUT2D eigenvalue weighted by Gasteiger charge is 2.14. The van der Waals surface area contributed by atoms with Gasteiger partial charge in [0.05, 0.1) is 56.1 Å². The molecule has 1 N–H and O–H groups in total. The van der Waals surface area contributed by atoms with E-state index in [2.05, 4.69) is 35.5 Å². The van der Waals surface area contributed by atoms with Crippen molar-refractivity contribution in [1.82, 2.24) is 0 Å². The van der Waals surface area contributed by atoms with E-state index < -0.39 is 23.9 Å². The van der Waals surface area contributed by atoms with Crippen molar-refractivity contribution < 1.29 is 47.6 Å². The lowest BCUT2D eigenvalue weighted by molar-refractivity contribution is -0.138. The summed E-state index contributed by atoms with van der Waals surface area (Å²) in [5, 5.41) is 4.44. The number of benzene rings is 5. The van der Waals surface area contributed by atoms with Crippen LogP contribution in [0.5, 0.6) is 17.2 Å². The molecule has 0 aliphatic rings. The van der Waals surface area contributed by atoms with Crippen molar-refractivity contribution in [3.63, 3.8) is 0 Å². The van der Waals surface area contributed by atoms with Crippen LogP contribution < -0.4 is 19.6 Å². The third kappa shape index (κ3) is 19.0. The van der Waals surface area contributed by atoms with E-state index in [1.54, 1.807) is 60.8 Å². The second kappa shape index (κ2) is 28.8. The second-order valence-corrected chi connectivity index (χ2v) is 15.0. The van der Waals surface area contributed by atoms with Gasteiger partial charge in [0, 0.05) is 35.3 Å². The van der Waals surface area contributed by atoms with Crippen molar-refractivity contribution in [2.75, 3.05) is 38.5 Å². The maximum atomic E-state index is 13.4. The molecule has 0 bridgehead atoms. The minimum absolute atomic E-state index is 0.110. The first-order valence-electron chi connectivity index (χ1n) is 22.3. The van der Waals surface area contributed by atoms with Crippen LogP contribution in [0.15, 0.2) is 152 Å². The smallest absolute Gasteiger partial charge is 0.343 e. The number of unbranched alkanes of at least 4 members (excludes halogenated alkanes) is 6. The molecule has 346 valence electrons. The average molecular weight is 905 g/mol. The third-order valence-electron chi connectivity index (χ3n) is 9.92. The van der Waals surface area contributed by atoms with Crippen molar-refractivity contribution in [3.05, 3.63) is 180 Å². The second-order valence-electron chi connectivity index (χ2n) is 15.0. The fraction of sp³-hybridized carbons (Fsp3) is 0.255. The molecule has 12 nitrogen and oxygen atoms in total. The van der Waals surface area contributed by atoms with E-state index in [4.69, 9.17) is 28.4 Å². The molecule has 0 spiro atoms. The Morgan fingerprint density at radius 1 is 0.537 bits per heavy atom. The van der Waals surface area contributed by atoms with Crippen molar-refractivity contribution in [1.29, 1.82) is 0 Å². The third-order valence-corrected chi connectivity index (χ3v) is 9.92.